The number of carboxylic acids is 1. The first-order chi connectivity index (χ1) is 9.54. The van der Waals surface area contributed by atoms with E-state index in [-0.39, 0.29) is 0 Å². The molecule has 0 radical (unpaired) electrons. The molecule has 0 aliphatic carbocycles. The third-order valence-corrected chi connectivity index (χ3v) is 2.64. The number of hydrogen-bond donors (Lipinski definition) is 1. The van der Waals surface area contributed by atoms with E-state index in [1.807, 2.05) is 6.92 Å². The third kappa shape index (κ3) is 2.61. The van der Waals surface area contributed by atoms with Crippen LogP contribution in [0.5, 0.6) is 5.75 Å². The Morgan fingerprint density at radius 2 is 2.05 bits per heavy atom. The van der Waals surface area contributed by atoms with Crippen LogP contribution in [0.25, 0.3) is 5.69 Å². The van der Waals surface area contributed by atoms with Gasteiger partial charge in [-0.15, -0.1) is 0 Å². The number of ether oxygens (including phenoxy) is 1. The van der Waals surface area contributed by atoms with Gasteiger partial charge in [0.1, 0.15) is 17.0 Å². The van der Waals surface area contributed by atoms with Gasteiger partial charge in [0.2, 0.25) is 0 Å². The van der Waals surface area contributed by atoms with E-state index in [1.165, 1.54) is 12.1 Å². The molecule has 0 aliphatic heterocycles. The van der Waals surface area contributed by atoms with Gasteiger partial charge in [-0.25, -0.2) is 18.3 Å². The summed E-state index contributed by atoms with van der Waals surface area (Å²) in [5, 5.41) is 12.6. The number of nitrogens with zero attached hydrogens (tertiary/aromatic N) is 2. The lowest BCUT2D eigenvalue weighted by Crippen LogP contribution is -2.07. The molecule has 0 aliphatic rings. The highest BCUT2D eigenvalue weighted by atomic mass is 19.3. The molecule has 2 aromatic rings. The van der Waals surface area contributed by atoms with Gasteiger partial charge in [-0.3, -0.25) is 0 Å². The van der Waals surface area contributed by atoms with Crippen LogP contribution in [0.4, 0.5) is 8.78 Å². The van der Waals surface area contributed by atoms with Crippen molar-refractivity contribution in [3.8, 4) is 11.4 Å². The molecule has 0 spiro atoms. The predicted octanol–water partition coefficient (Wildman–Crippen LogP) is 2.91. The SMILES string of the molecule is CCOc1ccc(-n2ncc(C(=O)O)c2C(F)F)cc1. The van der Waals surface area contributed by atoms with Crippen LogP contribution in [0.1, 0.15) is 29.4 Å². The number of hydrogen-bond acceptors (Lipinski definition) is 3. The normalized spacial score (nSPS) is 10.8. The van der Waals surface area contributed by atoms with Gasteiger partial charge in [-0.05, 0) is 31.2 Å². The van der Waals surface area contributed by atoms with Gasteiger partial charge in [-0.1, -0.05) is 0 Å². The molecule has 0 saturated heterocycles. The fourth-order valence-corrected chi connectivity index (χ4v) is 1.79. The van der Waals surface area contributed by atoms with Crippen LogP contribution in [0.15, 0.2) is 30.5 Å². The second-order valence-electron chi connectivity index (χ2n) is 3.89. The van der Waals surface area contributed by atoms with Crippen molar-refractivity contribution in [1.29, 1.82) is 0 Å². The summed E-state index contributed by atoms with van der Waals surface area (Å²) in [4.78, 5) is 10.9. The minimum Gasteiger partial charge on any atom is -0.494 e. The Bertz CT molecular complexity index is 609. The molecule has 20 heavy (non-hydrogen) atoms. The molecule has 106 valence electrons. The molecule has 1 heterocycles. The van der Waals surface area contributed by atoms with E-state index >= 15 is 0 Å². The summed E-state index contributed by atoms with van der Waals surface area (Å²) in [6.45, 7) is 2.32. The van der Waals surface area contributed by atoms with Crippen LogP contribution in [0.2, 0.25) is 0 Å². The lowest BCUT2D eigenvalue weighted by molar-refractivity contribution is 0.0683. The van der Waals surface area contributed by atoms with Crippen molar-refractivity contribution in [3.05, 3.63) is 41.7 Å². The molecule has 7 heteroatoms. The van der Waals surface area contributed by atoms with Crippen LogP contribution < -0.4 is 4.74 Å². The highest BCUT2D eigenvalue weighted by molar-refractivity contribution is 5.88. The molecule has 0 unspecified atom stereocenters. The van der Waals surface area contributed by atoms with Gasteiger partial charge in [0, 0.05) is 0 Å². The molecule has 1 N–H and O–H groups in total. The maximum absolute atomic E-state index is 13.0. The number of rotatable bonds is 5. The second-order valence-corrected chi connectivity index (χ2v) is 3.89. The first-order valence-corrected chi connectivity index (χ1v) is 5.87. The first kappa shape index (κ1) is 14.0. The smallest absolute Gasteiger partial charge is 0.339 e. The molecular formula is C13H12F2N2O3. The lowest BCUT2D eigenvalue weighted by atomic mass is 10.2. The first-order valence-electron chi connectivity index (χ1n) is 5.87. The maximum Gasteiger partial charge on any atom is 0.339 e. The summed E-state index contributed by atoms with van der Waals surface area (Å²) in [5.41, 5.74) is -0.799. The summed E-state index contributed by atoms with van der Waals surface area (Å²) < 4.78 is 32.2. The topological polar surface area (TPSA) is 64.4 Å². The molecule has 1 aromatic carbocycles. The van der Waals surface area contributed by atoms with Gasteiger partial charge in [0.25, 0.3) is 6.43 Å². The lowest BCUT2D eigenvalue weighted by Gasteiger charge is -2.09. The summed E-state index contributed by atoms with van der Waals surface area (Å²) >= 11 is 0. The molecule has 5 nitrogen and oxygen atoms in total. The monoisotopic (exact) mass is 282 g/mol. The zero-order valence-electron chi connectivity index (χ0n) is 10.6. The Labute approximate surface area is 113 Å². The summed E-state index contributed by atoms with van der Waals surface area (Å²) in [6.07, 6.45) is -2.02. The Kier molecular flexibility index (Phi) is 3.97. The van der Waals surface area contributed by atoms with E-state index in [0.717, 1.165) is 10.9 Å². The van der Waals surface area contributed by atoms with E-state index in [2.05, 4.69) is 5.10 Å². The average molecular weight is 282 g/mol. The molecular weight excluding hydrogens is 270 g/mol. The Morgan fingerprint density at radius 1 is 1.40 bits per heavy atom. The van der Waals surface area contributed by atoms with Crippen molar-refractivity contribution >= 4 is 5.97 Å². The van der Waals surface area contributed by atoms with Crippen LogP contribution in [-0.2, 0) is 0 Å². The Morgan fingerprint density at radius 3 is 2.55 bits per heavy atom. The highest BCUT2D eigenvalue weighted by Crippen LogP contribution is 2.26. The minimum absolute atomic E-state index is 0.344. The van der Waals surface area contributed by atoms with Crippen LogP contribution in [0.3, 0.4) is 0 Å². The van der Waals surface area contributed by atoms with Crippen LogP contribution in [0, 0.1) is 0 Å². The van der Waals surface area contributed by atoms with Gasteiger partial charge in [-0.2, -0.15) is 5.10 Å². The number of aromatic nitrogens is 2. The Balaban J connectivity index is 2.44. The van der Waals surface area contributed by atoms with Gasteiger partial charge in [0.05, 0.1) is 18.5 Å². The predicted molar refractivity (Wildman–Crippen MR) is 66.6 cm³/mol. The minimum atomic E-state index is -2.94. The van der Waals surface area contributed by atoms with Crippen molar-refractivity contribution in [3.63, 3.8) is 0 Å². The van der Waals surface area contributed by atoms with E-state index in [0.29, 0.717) is 18.0 Å². The molecule has 0 saturated carbocycles. The number of carboxylic acid groups (broad SMARTS) is 1. The quantitative estimate of drug-likeness (QED) is 0.915. The zero-order valence-corrected chi connectivity index (χ0v) is 10.6. The standard InChI is InChI=1S/C13H12F2N2O3/c1-2-20-9-5-3-8(4-6-9)17-11(12(14)15)10(7-16-17)13(18)19/h3-7,12H,2H2,1H3,(H,18,19). The zero-order chi connectivity index (χ0) is 14.7. The van der Waals surface area contributed by atoms with E-state index in [9.17, 15) is 13.6 Å². The van der Waals surface area contributed by atoms with Crippen molar-refractivity contribution in [2.75, 3.05) is 6.61 Å². The summed E-state index contributed by atoms with van der Waals surface area (Å²) in [7, 11) is 0. The average Bonchev–Trinajstić information content (AvgIpc) is 2.85. The molecule has 0 fully saturated rings. The molecule has 2 rings (SSSR count). The molecule has 0 atom stereocenters. The van der Waals surface area contributed by atoms with Crippen molar-refractivity contribution < 1.29 is 23.4 Å². The van der Waals surface area contributed by atoms with Gasteiger partial charge in [0.15, 0.2) is 0 Å². The van der Waals surface area contributed by atoms with E-state index < -0.39 is 23.7 Å². The number of benzene rings is 1. The van der Waals surface area contributed by atoms with Crippen molar-refractivity contribution in [2.45, 2.75) is 13.3 Å². The number of carbonyl (C=O) groups is 1. The largest absolute Gasteiger partial charge is 0.494 e. The van der Waals surface area contributed by atoms with Gasteiger partial charge < -0.3 is 9.84 Å². The summed E-state index contributed by atoms with van der Waals surface area (Å²) in [6, 6.07) is 6.29. The fourth-order valence-electron chi connectivity index (χ4n) is 1.79. The second kappa shape index (κ2) is 5.68. The fraction of sp³-hybridized carbons (Fsp3) is 0.231. The molecule has 1 aromatic heterocycles. The van der Waals surface area contributed by atoms with E-state index in [1.54, 1.807) is 12.1 Å². The molecule has 0 bridgehead atoms. The maximum atomic E-state index is 13.0. The van der Waals surface area contributed by atoms with Crippen molar-refractivity contribution in [2.24, 2.45) is 0 Å². The van der Waals surface area contributed by atoms with Crippen molar-refractivity contribution in [1.82, 2.24) is 9.78 Å². The third-order valence-electron chi connectivity index (χ3n) is 2.64. The number of aromatic carboxylic acids is 1. The number of halogens is 2. The Hall–Kier alpha value is -2.44. The highest BCUT2D eigenvalue weighted by Gasteiger charge is 2.24. The number of alkyl halides is 2. The summed E-state index contributed by atoms with van der Waals surface area (Å²) in [5.74, 6) is -0.835. The van der Waals surface area contributed by atoms with Gasteiger partial charge >= 0.3 is 5.97 Å². The van der Waals surface area contributed by atoms with Crippen LogP contribution in [-0.4, -0.2) is 27.5 Å². The van der Waals surface area contributed by atoms with Crippen LogP contribution >= 0.6 is 0 Å². The molecule has 0 amide bonds. The van der Waals surface area contributed by atoms with E-state index in [4.69, 9.17) is 9.84 Å².